The summed E-state index contributed by atoms with van der Waals surface area (Å²) in [5.74, 6) is 3.08. The van der Waals surface area contributed by atoms with Crippen LogP contribution in [-0.2, 0) is 16.0 Å². The van der Waals surface area contributed by atoms with Crippen molar-refractivity contribution in [2.24, 2.45) is 16.6 Å². The van der Waals surface area contributed by atoms with Crippen molar-refractivity contribution >= 4 is 23.4 Å². The Balaban J connectivity index is 1.65. The highest BCUT2D eigenvalue weighted by Gasteiger charge is 2.23. The summed E-state index contributed by atoms with van der Waals surface area (Å²) in [4.78, 5) is 28.4. The van der Waals surface area contributed by atoms with Gasteiger partial charge in [-0.15, -0.1) is 6.42 Å². The predicted molar refractivity (Wildman–Crippen MR) is 119 cm³/mol. The van der Waals surface area contributed by atoms with Gasteiger partial charge in [-0.25, -0.2) is 0 Å². The molecule has 2 aromatic rings. The molecular weight excluding hydrogens is 394 g/mol. The fraction of sp³-hybridized carbons (Fsp3) is 0.292. The molecule has 0 spiro atoms. The number of hydrogen-bond donors (Lipinski definition) is 2. The summed E-state index contributed by atoms with van der Waals surface area (Å²) in [7, 11) is 0. The van der Waals surface area contributed by atoms with Gasteiger partial charge in [0.25, 0.3) is 5.91 Å². The van der Waals surface area contributed by atoms with Crippen LogP contribution >= 0.6 is 0 Å². The first-order chi connectivity index (χ1) is 15.0. The van der Waals surface area contributed by atoms with Crippen LogP contribution in [0.3, 0.4) is 0 Å². The van der Waals surface area contributed by atoms with Crippen molar-refractivity contribution < 1.29 is 19.1 Å². The van der Waals surface area contributed by atoms with E-state index in [1.807, 2.05) is 12.1 Å². The number of amides is 1. The molecule has 0 bridgehead atoms. The maximum atomic E-state index is 12.6. The predicted octanol–water partition coefficient (Wildman–Crippen LogP) is 2.78. The molecule has 1 atom stereocenters. The number of carbonyl (C=O) groups excluding carboxylic acids is 2. The maximum Gasteiger partial charge on any atom is 0.306 e. The van der Waals surface area contributed by atoms with Crippen LogP contribution < -0.4 is 15.8 Å². The molecule has 0 fully saturated rings. The van der Waals surface area contributed by atoms with Gasteiger partial charge in [-0.2, -0.15) is 0 Å². The van der Waals surface area contributed by atoms with E-state index >= 15 is 0 Å². The number of terminal acetylenes is 1. The van der Waals surface area contributed by atoms with Gasteiger partial charge in [0.15, 0.2) is 0 Å². The summed E-state index contributed by atoms with van der Waals surface area (Å²) in [6.07, 6.45) is 6.17. The maximum absolute atomic E-state index is 12.6. The number of carbonyl (C=O) groups is 2. The number of ether oxygens (including phenoxy) is 2. The molecular formula is C24H25N3O4. The smallest absolute Gasteiger partial charge is 0.306 e. The van der Waals surface area contributed by atoms with Crippen LogP contribution in [0.15, 0.2) is 47.5 Å². The van der Waals surface area contributed by atoms with E-state index in [0.717, 1.165) is 11.3 Å². The van der Waals surface area contributed by atoms with E-state index in [9.17, 15) is 9.59 Å². The summed E-state index contributed by atoms with van der Waals surface area (Å²) in [5, 5.41) is 2.89. The first-order valence-electron chi connectivity index (χ1n) is 10.1. The molecule has 3 rings (SSSR count). The third-order valence-corrected chi connectivity index (χ3v) is 4.85. The summed E-state index contributed by atoms with van der Waals surface area (Å²) >= 11 is 0. The van der Waals surface area contributed by atoms with Gasteiger partial charge >= 0.3 is 5.97 Å². The number of rotatable bonds is 7. The first-order valence-corrected chi connectivity index (χ1v) is 10.1. The Morgan fingerprint density at radius 3 is 2.71 bits per heavy atom. The molecule has 1 heterocycles. The third-order valence-electron chi connectivity index (χ3n) is 4.85. The summed E-state index contributed by atoms with van der Waals surface area (Å²) in [6, 6.07) is 12.3. The topological polar surface area (TPSA) is 103 Å². The zero-order valence-electron chi connectivity index (χ0n) is 17.4. The van der Waals surface area contributed by atoms with E-state index in [0.29, 0.717) is 48.7 Å². The summed E-state index contributed by atoms with van der Waals surface area (Å²) in [5.41, 5.74) is 8.66. The Hall–Kier alpha value is -3.79. The van der Waals surface area contributed by atoms with E-state index in [-0.39, 0.29) is 24.3 Å². The van der Waals surface area contributed by atoms with Crippen LogP contribution in [0.1, 0.15) is 34.8 Å². The van der Waals surface area contributed by atoms with E-state index in [2.05, 4.69) is 16.2 Å². The van der Waals surface area contributed by atoms with Crippen molar-refractivity contribution in [1.82, 2.24) is 0 Å². The van der Waals surface area contributed by atoms with Crippen LogP contribution in [0.25, 0.3) is 0 Å². The number of benzene rings is 2. The normalized spacial score (nSPS) is 15.2. The van der Waals surface area contributed by atoms with Crippen LogP contribution in [0.4, 0.5) is 5.69 Å². The SMILES string of the molecule is C#CCN=C(N)c1ccc(C(=O)Nc2ccc3c(c2)CC(CC(=O)OCC)CO3)cc1. The van der Waals surface area contributed by atoms with Crippen LogP contribution in [-0.4, -0.2) is 37.5 Å². The van der Waals surface area contributed by atoms with Crippen molar-refractivity contribution in [1.29, 1.82) is 0 Å². The lowest BCUT2D eigenvalue weighted by molar-refractivity contribution is -0.144. The Morgan fingerprint density at radius 1 is 1.26 bits per heavy atom. The molecule has 3 N–H and O–H groups in total. The minimum absolute atomic E-state index is 0.0478. The minimum atomic E-state index is -0.245. The Labute approximate surface area is 181 Å². The fourth-order valence-electron chi connectivity index (χ4n) is 3.34. The Bertz CT molecular complexity index is 1020. The van der Waals surface area contributed by atoms with Crippen molar-refractivity contribution in [3.8, 4) is 18.1 Å². The lowest BCUT2D eigenvalue weighted by Crippen LogP contribution is -2.24. The molecule has 160 valence electrons. The van der Waals surface area contributed by atoms with Crippen molar-refractivity contribution in [3.05, 3.63) is 59.2 Å². The molecule has 1 unspecified atom stereocenters. The lowest BCUT2D eigenvalue weighted by atomic mass is 9.93. The highest BCUT2D eigenvalue weighted by Crippen LogP contribution is 2.31. The van der Waals surface area contributed by atoms with Crippen molar-refractivity contribution in [3.63, 3.8) is 0 Å². The van der Waals surface area contributed by atoms with Crippen LogP contribution in [0.2, 0.25) is 0 Å². The van der Waals surface area contributed by atoms with Crippen LogP contribution in [0, 0.1) is 18.3 Å². The van der Waals surface area contributed by atoms with Gasteiger partial charge in [0.2, 0.25) is 0 Å². The summed E-state index contributed by atoms with van der Waals surface area (Å²) in [6.45, 7) is 2.83. The number of nitrogens with zero attached hydrogens (tertiary/aromatic N) is 1. The second-order valence-corrected chi connectivity index (χ2v) is 7.15. The van der Waals surface area contributed by atoms with E-state index in [4.69, 9.17) is 21.6 Å². The molecule has 0 radical (unpaired) electrons. The Kier molecular flexibility index (Phi) is 7.28. The molecule has 0 aromatic heterocycles. The summed E-state index contributed by atoms with van der Waals surface area (Å²) < 4.78 is 10.8. The molecule has 7 heteroatoms. The standard InChI is InChI=1S/C24H25N3O4/c1-3-11-26-23(25)17-5-7-18(8-6-17)24(29)27-20-9-10-21-19(14-20)12-16(15-31-21)13-22(28)30-4-2/h1,5-10,14,16H,4,11-13,15H2,2H3,(H2,25,26)(H,27,29). The number of fused-ring (bicyclic) bond motifs is 1. The second-order valence-electron chi connectivity index (χ2n) is 7.15. The lowest BCUT2D eigenvalue weighted by Gasteiger charge is -2.25. The molecule has 1 aliphatic rings. The van der Waals surface area contributed by atoms with E-state index in [1.54, 1.807) is 37.3 Å². The fourth-order valence-corrected chi connectivity index (χ4v) is 3.34. The van der Waals surface area contributed by atoms with E-state index < -0.39 is 0 Å². The van der Waals surface area contributed by atoms with Gasteiger partial charge in [-0.05, 0) is 49.2 Å². The zero-order chi connectivity index (χ0) is 22.2. The largest absolute Gasteiger partial charge is 0.493 e. The average Bonchev–Trinajstić information content (AvgIpc) is 2.77. The molecule has 1 aliphatic heterocycles. The number of anilines is 1. The van der Waals surface area contributed by atoms with Crippen molar-refractivity contribution in [2.45, 2.75) is 19.8 Å². The van der Waals surface area contributed by atoms with Gasteiger partial charge in [0, 0.05) is 22.7 Å². The number of hydrogen-bond acceptors (Lipinski definition) is 5. The second kappa shape index (κ2) is 10.3. The average molecular weight is 419 g/mol. The molecule has 2 aromatic carbocycles. The molecule has 1 amide bonds. The quantitative estimate of drug-likeness (QED) is 0.311. The number of nitrogens with one attached hydrogen (secondary N) is 1. The molecule has 31 heavy (non-hydrogen) atoms. The highest BCUT2D eigenvalue weighted by atomic mass is 16.5. The van der Waals surface area contributed by atoms with Gasteiger partial charge < -0.3 is 20.5 Å². The number of amidine groups is 1. The van der Waals surface area contributed by atoms with Gasteiger partial charge in [0.1, 0.15) is 18.1 Å². The van der Waals surface area contributed by atoms with Gasteiger partial charge in [-0.3, -0.25) is 14.6 Å². The third kappa shape index (κ3) is 5.86. The monoisotopic (exact) mass is 419 g/mol. The number of esters is 1. The van der Waals surface area contributed by atoms with Crippen molar-refractivity contribution in [2.75, 3.05) is 25.1 Å². The highest BCUT2D eigenvalue weighted by molar-refractivity contribution is 6.05. The van der Waals surface area contributed by atoms with Crippen LogP contribution in [0.5, 0.6) is 5.75 Å². The molecule has 0 saturated heterocycles. The zero-order valence-corrected chi connectivity index (χ0v) is 17.4. The van der Waals surface area contributed by atoms with Gasteiger partial charge in [0.05, 0.1) is 19.6 Å². The molecule has 7 nitrogen and oxygen atoms in total. The Morgan fingerprint density at radius 2 is 2.00 bits per heavy atom. The van der Waals surface area contributed by atoms with Gasteiger partial charge in [-0.1, -0.05) is 18.1 Å². The molecule has 0 saturated carbocycles. The first kappa shape index (κ1) is 21.9. The van der Waals surface area contributed by atoms with E-state index in [1.165, 1.54) is 0 Å². The minimum Gasteiger partial charge on any atom is -0.493 e. The number of nitrogens with two attached hydrogens (primary N) is 1. The molecule has 0 aliphatic carbocycles. The number of aliphatic imine (C=N–C) groups is 1.